The Hall–Kier alpha value is -3.15. The number of ether oxygens (including phenoxy) is 1. The van der Waals surface area contributed by atoms with Crippen LogP contribution in [0.1, 0.15) is 49.2 Å². The molecule has 0 atom stereocenters. The summed E-state index contributed by atoms with van der Waals surface area (Å²) in [6, 6.07) is 14.6. The molecule has 0 fully saturated rings. The average Bonchev–Trinajstić information content (AvgIpc) is 2.70. The van der Waals surface area contributed by atoms with Gasteiger partial charge < -0.3 is 15.4 Å². The molecule has 0 aromatic heterocycles. The molecule has 0 spiro atoms. The van der Waals surface area contributed by atoms with E-state index in [1.54, 1.807) is 12.1 Å². The minimum absolute atomic E-state index is 0.0134. The Balaban J connectivity index is 1.78. The molecule has 0 aliphatic rings. The van der Waals surface area contributed by atoms with E-state index >= 15 is 0 Å². The van der Waals surface area contributed by atoms with Gasteiger partial charge in [-0.2, -0.15) is 0 Å². The number of para-hydroxylation sites is 1. The minimum Gasteiger partial charge on any atom is -0.452 e. The Morgan fingerprint density at radius 1 is 0.931 bits per heavy atom. The number of esters is 1. The second-order valence-electron chi connectivity index (χ2n) is 7.74. The lowest BCUT2D eigenvalue weighted by Crippen LogP contribution is -2.35. The summed E-state index contributed by atoms with van der Waals surface area (Å²) in [5.74, 6) is -1.46. The van der Waals surface area contributed by atoms with Gasteiger partial charge in [-0.1, -0.05) is 58.0 Å². The van der Waals surface area contributed by atoms with Crippen molar-refractivity contribution in [1.82, 2.24) is 5.32 Å². The predicted octanol–water partition coefficient (Wildman–Crippen LogP) is 3.46. The molecule has 2 amide bonds. The normalized spacial score (nSPS) is 10.9. The summed E-state index contributed by atoms with van der Waals surface area (Å²) in [7, 11) is 0. The van der Waals surface area contributed by atoms with E-state index in [0.717, 1.165) is 23.2 Å². The molecule has 0 aliphatic heterocycles. The van der Waals surface area contributed by atoms with E-state index in [4.69, 9.17) is 4.74 Å². The van der Waals surface area contributed by atoms with Gasteiger partial charge in [0.25, 0.3) is 5.91 Å². The molecule has 0 aliphatic carbocycles. The SMILES string of the molecule is CCc1ccccc1NC(=O)CNC(=O)COC(=O)c1ccc(C(C)(C)C)cc1. The lowest BCUT2D eigenvalue weighted by molar-refractivity contribution is -0.126. The van der Waals surface area contributed by atoms with Crippen LogP contribution >= 0.6 is 0 Å². The van der Waals surface area contributed by atoms with Gasteiger partial charge in [0.1, 0.15) is 0 Å². The fourth-order valence-electron chi connectivity index (χ4n) is 2.70. The summed E-state index contributed by atoms with van der Waals surface area (Å²) in [4.78, 5) is 36.0. The fourth-order valence-corrected chi connectivity index (χ4v) is 2.70. The van der Waals surface area contributed by atoms with Crippen LogP contribution in [-0.4, -0.2) is 30.9 Å². The van der Waals surface area contributed by atoms with Crippen LogP contribution in [0.25, 0.3) is 0 Å². The van der Waals surface area contributed by atoms with E-state index in [1.807, 2.05) is 43.3 Å². The van der Waals surface area contributed by atoms with Gasteiger partial charge in [0.15, 0.2) is 6.61 Å². The third-order valence-electron chi connectivity index (χ3n) is 4.44. The fraction of sp³-hybridized carbons (Fsp3) is 0.348. The highest BCUT2D eigenvalue weighted by atomic mass is 16.5. The molecule has 2 aromatic rings. The van der Waals surface area contributed by atoms with Crippen LogP contribution in [-0.2, 0) is 26.2 Å². The molecule has 0 saturated carbocycles. The Bertz CT molecular complexity index is 867. The zero-order valence-corrected chi connectivity index (χ0v) is 17.4. The monoisotopic (exact) mass is 396 g/mol. The molecule has 29 heavy (non-hydrogen) atoms. The van der Waals surface area contributed by atoms with Crippen molar-refractivity contribution >= 4 is 23.5 Å². The van der Waals surface area contributed by atoms with E-state index in [0.29, 0.717) is 5.56 Å². The first-order valence-electron chi connectivity index (χ1n) is 9.63. The summed E-state index contributed by atoms with van der Waals surface area (Å²) in [6.45, 7) is 7.61. The first kappa shape index (κ1) is 22.1. The quantitative estimate of drug-likeness (QED) is 0.702. The Morgan fingerprint density at radius 3 is 2.21 bits per heavy atom. The van der Waals surface area contributed by atoms with Gasteiger partial charge in [0, 0.05) is 5.69 Å². The number of nitrogens with one attached hydrogen (secondary N) is 2. The number of hydrogen-bond acceptors (Lipinski definition) is 4. The highest BCUT2D eigenvalue weighted by Gasteiger charge is 2.16. The predicted molar refractivity (Wildman–Crippen MR) is 113 cm³/mol. The summed E-state index contributed by atoms with van der Waals surface area (Å²) in [5.41, 5.74) is 3.20. The highest BCUT2D eigenvalue weighted by Crippen LogP contribution is 2.22. The second kappa shape index (κ2) is 9.87. The van der Waals surface area contributed by atoms with Crippen LogP contribution in [0.3, 0.4) is 0 Å². The number of rotatable bonds is 7. The molecule has 0 saturated heterocycles. The van der Waals surface area contributed by atoms with Gasteiger partial charge >= 0.3 is 5.97 Å². The number of anilines is 1. The Labute approximate surface area is 171 Å². The topological polar surface area (TPSA) is 84.5 Å². The molecule has 0 radical (unpaired) electrons. The lowest BCUT2D eigenvalue weighted by Gasteiger charge is -2.18. The summed E-state index contributed by atoms with van der Waals surface area (Å²) >= 11 is 0. The van der Waals surface area contributed by atoms with Crippen molar-refractivity contribution < 1.29 is 19.1 Å². The number of benzene rings is 2. The number of carbonyl (C=O) groups excluding carboxylic acids is 3. The first-order valence-corrected chi connectivity index (χ1v) is 9.63. The van der Waals surface area contributed by atoms with Crippen molar-refractivity contribution in [1.29, 1.82) is 0 Å². The van der Waals surface area contributed by atoms with Gasteiger partial charge in [-0.25, -0.2) is 4.79 Å². The molecule has 0 heterocycles. The van der Waals surface area contributed by atoms with Crippen LogP contribution < -0.4 is 10.6 Å². The van der Waals surface area contributed by atoms with Gasteiger partial charge in [-0.15, -0.1) is 0 Å². The smallest absolute Gasteiger partial charge is 0.338 e. The highest BCUT2D eigenvalue weighted by molar-refractivity contribution is 5.96. The number of aryl methyl sites for hydroxylation is 1. The lowest BCUT2D eigenvalue weighted by atomic mass is 9.87. The van der Waals surface area contributed by atoms with Crippen molar-refractivity contribution in [2.75, 3.05) is 18.5 Å². The Kier molecular flexibility index (Phi) is 7.53. The summed E-state index contributed by atoms with van der Waals surface area (Å²) < 4.78 is 5.02. The van der Waals surface area contributed by atoms with Gasteiger partial charge in [0.2, 0.25) is 5.91 Å². The van der Waals surface area contributed by atoms with Crippen molar-refractivity contribution in [2.45, 2.75) is 39.5 Å². The van der Waals surface area contributed by atoms with Crippen LogP contribution in [0.15, 0.2) is 48.5 Å². The standard InChI is InChI=1S/C23H28N2O4/c1-5-16-8-6-7-9-19(16)25-20(26)14-24-21(27)15-29-22(28)17-10-12-18(13-11-17)23(2,3)4/h6-13H,5,14-15H2,1-4H3,(H,24,27)(H,25,26). The second-order valence-corrected chi connectivity index (χ2v) is 7.74. The van der Waals surface area contributed by atoms with Crippen LogP contribution in [0.2, 0.25) is 0 Å². The van der Waals surface area contributed by atoms with Crippen LogP contribution in [0, 0.1) is 0 Å². The third kappa shape index (κ3) is 6.75. The van der Waals surface area contributed by atoms with E-state index in [9.17, 15) is 14.4 Å². The molecule has 6 nitrogen and oxygen atoms in total. The zero-order chi connectivity index (χ0) is 21.4. The molecule has 2 rings (SSSR count). The number of amides is 2. The average molecular weight is 396 g/mol. The van der Waals surface area contributed by atoms with Crippen LogP contribution in [0.4, 0.5) is 5.69 Å². The molecule has 154 valence electrons. The molecule has 2 N–H and O–H groups in total. The maximum Gasteiger partial charge on any atom is 0.338 e. The zero-order valence-electron chi connectivity index (χ0n) is 17.4. The largest absolute Gasteiger partial charge is 0.452 e. The third-order valence-corrected chi connectivity index (χ3v) is 4.44. The van der Waals surface area contributed by atoms with Crippen LogP contribution in [0.5, 0.6) is 0 Å². The molecule has 0 unspecified atom stereocenters. The molecule has 2 aromatic carbocycles. The number of hydrogen-bond donors (Lipinski definition) is 2. The van der Waals surface area contributed by atoms with Gasteiger partial charge in [-0.3, -0.25) is 9.59 Å². The minimum atomic E-state index is -0.582. The summed E-state index contributed by atoms with van der Waals surface area (Å²) in [6.07, 6.45) is 0.787. The van der Waals surface area contributed by atoms with Gasteiger partial charge in [0.05, 0.1) is 12.1 Å². The first-order chi connectivity index (χ1) is 13.7. The maximum absolute atomic E-state index is 12.1. The van der Waals surface area contributed by atoms with E-state index < -0.39 is 18.5 Å². The van der Waals surface area contributed by atoms with E-state index in [2.05, 4.69) is 31.4 Å². The summed E-state index contributed by atoms with van der Waals surface area (Å²) in [5, 5.41) is 5.21. The van der Waals surface area contributed by atoms with Crippen molar-refractivity contribution in [3.8, 4) is 0 Å². The van der Waals surface area contributed by atoms with Gasteiger partial charge in [-0.05, 0) is 41.2 Å². The van der Waals surface area contributed by atoms with E-state index in [-0.39, 0.29) is 17.9 Å². The molecular weight excluding hydrogens is 368 g/mol. The Morgan fingerprint density at radius 2 is 1.59 bits per heavy atom. The number of carbonyl (C=O) groups is 3. The van der Waals surface area contributed by atoms with Crippen molar-refractivity contribution in [2.24, 2.45) is 0 Å². The van der Waals surface area contributed by atoms with Crippen molar-refractivity contribution in [3.63, 3.8) is 0 Å². The molecule has 6 heteroatoms. The van der Waals surface area contributed by atoms with Crippen molar-refractivity contribution in [3.05, 3.63) is 65.2 Å². The van der Waals surface area contributed by atoms with E-state index in [1.165, 1.54) is 0 Å². The maximum atomic E-state index is 12.1. The molecular formula is C23H28N2O4. The molecule has 0 bridgehead atoms.